The molecule has 5 heteroatoms. The summed E-state index contributed by atoms with van der Waals surface area (Å²) in [6.07, 6.45) is 0. The number of nitrogens with one attached hydrogen (secondary N) is 1. The molecule has 1 atom stereocenters. The third-order valence-electron chi connectivity index (χ3n) is 2.36. The fourth-order valence-electron chi connectivity index (χ4n) is 1.09. The van der Waals surface area contributed by atoms with Gasteiger partial charge in [-0.3, -0.25) is 0 Å². The summed E-state index contributed by atoms with van der Waals surface area (Å²) in [5.41, 5.74) is 0.129. The predicted octanol–water partition coefficient (Wildman–Crippen LogP) is 1.67. The number of carbonyl (C=O) groups excluding carboxylic acids is 1. The highest BCUT2D eigenvalue weighted by molar-refractivity contribution is 5.89. The van der Waals surface area contributed by atoms with Gasteiger partial charge in [0, 0.05) is 7.05 Å². The van der Waals surface area contributed by atoms with Crippen molar-refractivity contribution < 1.29 is 14.3 Å². The zero-order chi connectivity index (χ0) is 12.1. The second-order valence-electron chi connectivity index (χ2n) is 3.55. The fraction of sp³-hybridized carbons (Fsp3) is 0.364. The van der Waals surface area contributed by atoms with E-state index in [-0.39, 0.29) is 18.3 Å². The van der Waals surface area contributed by atoms with Gasteiger partial charge < -0.3 is 15.3 Å². The lowest BCUT2D eigenvalue weighted by Crippen LogP contribution is -2.40. The van der Waals surface area contributed by atoms with E-state index < -0.39 is 11.8 Å². The predicted molar refractivity (Wildman–Crippen MR) is 59.7 cm³/mol. The number of carbonyl (C=O) groups is 1. The number of hydrogen-bond acceptors (Lipinski definition) is 2. The monoisotopic (exact) mass is 226 g/mol. The van der Waals surface area contributed by atoms with E-state index in [9.17, 15) is 9.18 Å². The normalized spacial score (nSPS) is 12.0. The summed E-state index contributed by atoms with van der Waals surface area (Å²) in [5.74, 6) is -0.485. The Morgan fingerprint density at radius 1 is 1.56 bits per heavy atom. The lowest BCUT2D eigenvalue weighted by Gasteiger charge is -2.23. The number of hydrogen-bond donors (Lipinski definition) is 2. The Morgan fingerprint density at radius 3 is 2.75 bits per heavy atom. The van der Waals surface area contributed by atoms with Crippen molar-refractivity contribution in [2.24, 2.45) is 0 Å². The molecule has 1 aromatic carbocycles. The van der Waals surface area contributed by atoms with Crippen LogP contribution in [0.15, 0.2) is 24.3 Å². The van der Waals surface area contributed by atoms with Crippen LogP contribution in [0, 0.1) is 5.82 Å². The highest BCUT2D eigenvalue weighted by Gasteiger charge is 2.15. The SMILES string of the molecule is CC(CO)N(C)C(=O)Nc1ccccc1F. The minimum Gasteiger partial charge on any atom is -0.394 e. The molecule has 0 saturated carbocycles. The van der Waals surface area contributed by atoms with Crippen LogP contribution in [-0.2, 0) is 0 Å². The Labute approximate surface area is 93.7 Å². The first-order valence-corrected chi connectivity index (χ1v) is 4.95. The summed E-state index contributed by atoms with van der Waals surface area (Å²) < 4.78 is 13.2. The number of benzene rings is 1. The largest absolute Gasteiger partial charge is 0.394 e. The summed E-state index contributed by atoms with van der Waals surface area (Å²) >= 11 is 0. The number of aliphatic hydroxyl groups is 1. The summed E-state index contributed by atoms with van der Waals surface area (Å²) in [6, 6.07) is 5.16. The molecule has 0 aliphatic carbocycles. The molecule has 0 aliphatic heterocycles. The molecule has 0 spiro atoms. The number of nitrogens with zero attached hydrogens (tertiary/aromatic N) is 1. The summed E-state index contributed by atoms with van der Waals surface area (Å²) in [5, 5.41) is 11.3. The van der Waals surface area contributed by atoms with Gasteiger partial charge in [0.1, 0.15) is 5.82 Å². The molecule has 16 heavy (non-hydrogen) atoms. The molecular formula is C11H15FN2O2. The molecule has 0 saturated heterocycles. The molecule has 1 rings (SSSR count). The summed E-state index contributed by atoms with van der Waals surface area (Å²) in [6.45, 7) is 1.56. The molecule has 88 valence electrons. The van der Waals surface area contributed by atoms with E-state index >= 15 is 0 Å². The zero-order valence-corrected chi connectivity index (χ0v) is 9.27. The first-order chi connectivity index (χ1) is 7.56. The first kappa shape index (κ1) is 12.4. The maximum absolute atomic E-state index is 13.2. The standard InChI is InChI=1S/C11H15FN2O2/c1-8(7-15)14(2)11(16)13-10-6-4-3-5-9(10)12/h3-6,8,15H,7H2,1-2H3,(H,13,16). The van der Waals surface area contributed by atoms with E-state index in [2.05, 4.69) is 5.32 Å². The van der Waals surface area contributed by atoms with Crippen molar-refractivity contribution in [3.05, 3.63) is 30.1 Å². The van der Waals surface area contributed by atoms with E-state index in [0.29, 0.717) is 0 Å². The van der Waals surface area contributed by atoms with Crippen molar-refractivity contribution in [2.75, 3.05) is 19.0 Å². The molecule has 4 nitrogen and oxygen atoms in total. The Hall–Kier alpha value is -1.62. The van der Waals surface area contributed by atoms with Crippen molar-refractivity contribution >= 4 is 11.7 Å². The highest BCUT2D eigenvalue weighted by Crippen LogP contribution is 2.13. The molecule has 0 heterocycles. The van der Waals surface area contributed by atoms with E-state index in [4.69, 9.17) is 5.11 Å². The Bertz CT molecular complexity index is 371. The molecule has 0 fully saturated rings. The van der Waals surface area contributed by atoms with Gasteiger partial charge in [0.15, 0.2) is 0 Å². The van der Waals surface area contributed by atoms with Crippen LogP contribution in [0.2, 0.25) is 0 Å². The van der Waals surface area contributed by atoms with Crippen LogP contribution in [0.25, 0.3) is 0 Å². The van der Waals surface area contributed by atoms with Gasteiger partial charge in [0.05, 0.1) is 18.3 Å². The smallest absolute Gasteiger partial charge is 0.321 e. The van der Waals surface area contributed by atoms with Crippen LogP contribution in [0.5, 0.6) is 0 Å². The molecular weight excluding hydrogens is 211 g/mol. The zero-order valence-electron chi connectivity index (χ0n) is 9.27. The van der Waals surface area contributed by atoms with Gasteiger partial charge in [-0.2, -0.15) is 0 Å². The van der Waals surface area contributed by atoms with E-state index in [1.54, 1.807) is 19.1 Å². The molecule has 0 aromatic heterocycles. The molecule has 0 radical (unpaired) electrons. The maximum Gasteiger partial charge on any atom is 0.321 e. The fourth-order valence-corrected chi connectivity index (χ4v) is 1.09. The third-order valence-corrected chi connectivity index (χ3v) is 2.36. The number of aliphatic hydroxyl groups excluding tert-OH is 1. The maximum atomic E-state index is 13.2. The quantitative estimate of drug-likeness (QED) is 0.823. The average molecular weight is 226 g/mol. The van der Waals surface area contributed by atoms with Crippen LogP contribution in [-0.4, -0.2) is 35.7 Å². The second kappa shape index (κ2) is 5.46. The van der Waals surface area contributed by atoms with Crippen LogP contribution in [0.3, 0.4) is 0 Å². The van der Waals surface area contributed by atoms with Gasteiger partial charge >= 0.3 is 6.03 Å². The number of halogens is 1. The molecule has 1 unspecified atom stereocenters. The molecule has 0 aliphatic rings. The van der Waals surface area contributed by atoms with E-state index in [0.717, 1.165) is 0 Å². The van der Waals surface area contributed by atoms with Crippen molar-refractivity contribution in [2.45, 2.75) is 13.0 Å². The van der Waals surface area contributed by atoms with Crippen LogP contribution < -0.4 is 5.32 Å². The summed E-state index contributed by atoms with van der Waals surface area (Å²) in [7, 11) is 1.54. The number of likely N-dealkylation sites (N-methyl/N-ethyl adjacent to an activating group) is 1. The Kier molecular flexibility index (Phi) is 4.25. The van der Waals surface area contributed by atoms with Crippen LogP contribution in [0.1, 0.15) is 6.92 Å². The van der Waals surface area contributed by atoms with Crippen LogP contribution >= 0.6 is 0 Å². The minimum atomic E-state index is -0.485. The number of rotatable bonds is 3. The Morgan fingerprint density at radius 2 is 2.19 bits per heavy atom. The van der Waals surface area contributed by atoms with Gasteiger partial charge in [-0.1, -0.05) is 12.1 Å². The second-order valence-corrected chi connectivity index (χ2v) is 3.55. The van der Waals surface area contributed by atoms with Crippen molar-refractivity contribution in [1.82, 2.24) is 4.90 Å². The van der Waals surface area contributed by atoms with E-state index in [1.807, 2.05) is 0 Å². The molecule has 1 aromatic rings. The summed E-state index contributed by atoms with van der Waals surface area (Å²) in [4.78, 5) is 12.9. The van der Waals surface area contributed by atoms with Crippen LogP contribution in [0.4, 0.5) is 14.9 Å². The molecule has 0 bridgehead atoms. The lowest BCUT2D eigenvalue weighted by molar-refractivity contribution is 0.166. The number of amides is 2. The van der Waals surface area contributed by atoms with Crippen molar-refractivity contribution in [3.8, 4) is 0 Å². The number of urea groups is 1. The third kappa shape index (κ3) is 2.93. The van der Waals surface area contributed by atoms with Gasteiger partial charge in [0.25, 0.3) is 0 Å². The molecule has 2 N–H and O–H groups in total. The van der Waals surface area contributed by atoms with Gasteiger partial charge in [-0.05, 0) is 19.1 Å². The number of para-hydroxylation sites is 1. The van der Waals surface area contributed by atoms with Gasteiger partial charge in [-0.15, -0.1) is 0 Å². The minimum absolute atomic E-state index is 0.129. The Balaban J connectivity index is 2.68. The lowest BCUT2D eigenvalue weighted by atomic mass is 10.3. The molecule has 2 amide bonds. The topological polar surface area (TPSA) is 52.6 Å². The van der Waals surface area contributed by atoms with Crippen molar-refractivity contribution in [3.63, 3.8) is 0 Å². The van der Waals surface area contributed by atoms with E-state index in [1.165, 1.54) is 24.1 Å². The highest BCUT2D eigenvalue weighted by atomic mass is 19.1. The average Bonchev–Trinajstić information content (AvgIpc) is 2.30. The first-order valence-electron chi connectivity index (χ1n) is 4.95. The van der Waals surface area contributed by atoms with Crippen molar-refractivity contribution in [1.29, 1.82) is 0 Å². The van der Waals surface area contributed by atoms with Gasteiger partial charge in [0.2, 0.25) is 0 Å². The number of anilines is 1. The van der Waals surface area contributed by atoms with Gasteiger partial charge in [-0.25, -0.2) is 9.18 Å².